The highest BCUT2D eigenvalue weighted by Gasteiger charge is 2.09. The quantitative estimate of drug-likeness (QED) is 0.721. The van der Waals surface area contributed by atoms with Crippen LogP contribution in [0, 0.1) is 0 Å². The minimum atomic E-state index is 0. The lowest BCUT2D eigenvalue weighted by Crippen LogP contribution is -1.96. The molecular weight excluding hydrogens is 244 g/mol. The van der Waals surface area contributed by atoms with E-state index in [0.29, 0.717) is 0 Å². The zero-order valence-electron chi connectivity index (χ0n) is 11.4. The number of rotatable bonds is 5. The van der Waals surface area contributed by atoms with E-state index in [1.807, 2.05) is 24.3 Å². The van der Waals surface area contributed by atoms with E-state index in [-0.39, 0.29) is 11.4 Å². The fraction of sp³-hybridized carbons (Fsp3) is 0.0526. The van der Waals surface area contributed by atoms with Crippen molar-refractivity contribution in [2.24, 2.45) is 0 Å². The average Bonchev–Trinajstić information content (AvgIpc) is 2.49. The predicted octanol–water partition coefficient (Wildman–Crippen LogP) is 4.29. The van der Waals surface area contributed by atoms with E-state index in [0.717, 1.165) is 0 Å². The van der Waals surface area contributed by atoms with Crippen molar-refractivity contribution in [1.29, 1.82) is 0 Å². The van der Waals surface area contributed by atoms with Gasteiger partial charge in [0, 0.05) is 5.92 Å². The highest BCUT2D eigenvalue weighted by Crippen LogP contribution is 2.25. The van der Waals surface area contributed by atoms with Gasteiger partial charge in [-0.1, -0.05) is 97.6 Å². The van der Waals surface area contributed by atoms with Crippen molar-refractivity contribution in [3.63, 3.8) is 0 Å². The first-order valence-electron chi connectivity index (χ1n) is 6.47. The van der Waals surface area contributed by atoms with Crippen LogP contribution >= 0.6 is 0 Å². The van der Waals surface area contributed by atoms with Crippen molar-refractivity contribution in [3.8, 4) is 0 Å². The summed E-state index contributed by atoms with van der Waals surface area (Å²) in [4.78, 5) is 0. The standard InChI is InChI=1S/C19H18.H2O/c1-2-3-4-11-16-19(17-12-7-5-8-13-17)18-14-9-6-10-15-18;/h2-16,19H,1H2;1H2. The van der Waals surface area contributed by atoms with E-state index in [2.05, 4.69) is 67.3 Å². The molecule has 1 heteroatoms. The van der Waals surface area contributed by atoms with Gasteiger partial charge in [-0.05, 0) is 11.1 Å². The average molecular weight is 264 g/mol. The van der Waals surface area contributed by atoms with Crippen LogP contribution < -0.4 is 0 Å². The molecule has 2 N–H and O–H groups in total. The third-order valence-electron chi connectivity index (χ3n) is 2.98. The van der Waals surface area contributed by atoms with E-state index in [9.17, 15) is 0 Å². The van der Waals surface area contributed by atoms with Gasteiger partial charge in [-0.3, -0.25) is 0 Å². The molecule has 0 unspecified atom stereocenters. The summed E-state index contributed by atoms with van der Waals surface area (Å²) >= 11 is 0. The van der Waals surface area contributed by atoms with Gasteiger partial charge in [-0.15, -0.1) is 0 Å². The monoisotopic (exact) mass is 264 g/mol. The van der Waals surface area contributed by atoms with Crippen LogP contribution in [0.1, 0.15) is 17.0 Å². The Labute approximate surface area is 120 Å². The molecule has 2 aromatic carbocycles. The molecule has 20 heavy (non-hydrogen) atoms. The summed E-state index contributed by atoms with van der Waals surface area (Å²) in [7, 11) is 0. The summed E-state index contributed by atoms with van der Waals surface area (Å²) in [6.45, 7) is 3.67. The summed E-state index contributed by atoms with van der Waals surface area (Å²) < 4.78 is 0. The zero-order chi connectivity index (χ0) is 13.3. The minimum Gasteiger partial charge on any atom is -0.412 e. The molecule has 0 aliphatic carbocycles. The van der Waals surface area contributed by atoms with Crippen LogP contribution in [-0.2, 0) is 0 Å². The number of hydrogen-bond acceptors (Lipinski definition) is 0. The van der Waals surface area contributed by atoms with Crippen molar-refractivity contribution in [2.45, 2.75) is 5.92 Å². The van der Waals surface area contributed by atoms with Gasteiger partial charge in [0.1, 0.15) is 0 Å². The Balaban J connectivity index is 0.00000200. The van der Waals surface area contributed by atoms with Gasteiger partial charge in [0.15, 0.2) is 0 Å². The Morgan fingerprint density at radius 2 is 1.20 bits per heavy atom. The normalized spacial score (nSPS) is 10.8. The Hall–Kier alpha value is -2.38. The van der Waals surface area contributed by atoms with E-state index in [4.69, 9.17) is 0 Å². The van der Waals surface area contributed by atoms with Crippen molar-refractivity contribution >= 4 is 0 Å². The van der Waals surface area contributed by atoms with Gasteiger partial charge < -0.3 is 5.48 Å². The molecule has 0 spiro atoms. The second-order valence-electron chi connectivity index (χ2n) is 4.30. The molecule has 0 aromatic heterocycles. The second kappa shape index (κ2) is 8.68. The molecule has 102 valence electrons. The maximum Gasteiger partial charge on any atom is 0.0272 e. The van der Waals surface area contributed by atoms with Crippen molar-refractivity contribution in [3.05, 3.63) is 109 Å². The molecule has 0 saturated heterocycles. The lowest BCUT2D eigenvalue weighted by molar-refractivity contribution is 0.824. The lowest BCUT2D eigenvalue weighted by atomic mass is 9.91. The molecule has 0 aliphatic heterocycles. The third kappa shape index (κ3) is 4.38. The predicted molar refractivity (Wildman–Crippen MR) is 86.8 cm³/mol. The van der Waals surface area contributed by atoms with E-state index in [1.54, 1.807) is 6.08 Å². The van der Waals surface area contributed by atoms with Gasteiger partial charge >= 0.3 is 0 Å². The summed E-state index contributed by atoms with van der Waals surface area (Å²) in [6.07, 6.45) is 10.0. The molecule has 0 atom stereocenters. The fourth-order valence-corrected chi connectivity index (χ4v) is 2.05. The van der Waals surface area contributed by atoms with Gasteiger partial charge in [0.25, 0.3) is 0 Å². The Morgan fingerprint density at radius 3 is 1.65 bits per heavy atom. The van der Waals surface area contributed by atoms with Crippen molar-refractivity contribution in [1.82, 2.24) is 0 Å². The minimum absolute atomic E-state index is 0. The topological polar surface area (TPSA) is 31.5 Å². The Bertz CT molecular complexity index is 513. The van der Waals surface area contributed by atoms with E-state index in [1.165, 1.54) is 11.1 Å². The summed E-state index contributed by atoms with van der Waals surface area (Å²) in [5, 5.41) is 0. The molecule has 0 amide bonds. The first kappa shape index (κ1) is 15.7. The molecule has 0 radical (unpaired) electrons. The Morgan fingerprint density at radius 1 is 0.700 bits per heavy atom. The number of benzene rings is 2. The molecule has 2 rings (SSSR count). The molecule has 0 fully saturated rings. The fourth-order valence-electron chi connectivity index (χ4n) is 2.05. The highest BCUT2D eigenvalue weighted by atomic mass is 16.0. The molecule has 0 bridgehead atoms. The smallest absolute Gasteiger partial charge is 0.0272 e. The van der Waals surface area contributed by atoms with Crippen LogP contribution in [0.2, 0.25) is 0 Å². The van der Waals surface area contributed by atoms with Crippen LogP contribution in [0.5, 0.6) is 0 Å². The maximum atomic E-state index is 3.67. The maximum absolute atomic E-state index is 3.67. The SMILES string of the molecule is C=CC=CC=CC(c1ccccc1)c1ccccc1.O. The zero-order valence-corrected chi connectivity index (χ0v) is 11.4. The van der Waals surface area contributed by atoms with Crippen molar-refractivity contribution in [2.75, 3.05) is 0 Å². The third-order valence-corrected chi connectivity index (χ3v) is 2.98. The first-order chi connectivity index (χ1) is 9.42. The van der Waals surface area contributed by atoms with Crippen LogP contribution in [0.15, 0.2) is 97.6 Å². The van der Waals surface area contributed by atoms with E-state index < -0.39 is 0 Å². The van der Waals surface area contributed by atoms with Crippen LogP contribution in [0.4, 0.5) is 0 Å². The summed E-state index contributed by atoms with van der Waals surface area (Å²) in [5.41, 5.74) is 2.61. The molecule has 2 aromatic rings. The van der Waals surface area contributed by atoms with Gasteiger partial charge in [0.05, 0.1) is 0 Å². The highest BCUT2D eigenvalue weighted by molar-refractivity contribution is 5.37. The largest absolute Gasteiger partial charge is 0.412 e. The van der Waals surface area contributed by atoms with E-state index >= 15 is 0 Å². The number of hydrogen-bond donors (Lipinski definition) is 0. The number of allylic oxidation sites excluding steroid dienone is 5. The lowest BCUT2D eigenvalue weighted by Gasteiger charge is -2.13. The summed E-state index contributed by atoms with van der Waals surface area (Å²) in [5.74, 6) is 0.289. The molecule has 1 nitrogen and oxygen atoms in total. The van der Waals surface area contributed by atoms with Crippen LogP contribution in [0.3, 0.4) is 0 Å². The Kier molecular flexibility index (Phi) is 6.80. The summed E-state index contributed by atoms with van der Waals surface area (Å²) in [6, 6.07) is 21.1. The van der Waals surface area contributed by atoms with Crippen molar-refractivity contribution < 1.29 is 5.48 Å². The molecule has 0 aliphatic rings. The molecule has 0 heterocycles. The van der Waals surface area contributed by atoms with Crippen LogP contribution in [0.25, 0.3) is 0 Å². The van der Waals surface area contributed by atoms with Gasteiger partial charge in [-0.25, -0.2) is 0 Å². The van der Waals surface area contributed by atoms with Gasteiger partial charge in [-0.2, -0.15) is 0 Å². The van der Waals surface area contributed by atoms with Crippen LogP contribution in [-0.4, -0.2) is 5.48 Å². The molecular formula is C19H20O. The molecule has 0 saturated carbocycles. The first-order valence-corrected chi connectivity index (χ1v) is 6.47. The van der Waals surface area contributed by atoms with Gasteiger partial charge in [0.2, 0.25) is 0 Å². The second-order valence-corrected chi connectivity index (χ2v) is 4.30.